The first-order valence-electron chi connectivity index (χ1n) is 2.76. The summed E-state index contributed by atoms with van der Waals surface area (Å²) in [6, 6.07) is 2.64. The van der Waals surface area contributed by atoms with E-state index in [4.69, 9.17) is 34.8 Å². The fourth-order valence-corrected chi connectivity index (χ4v) is 2.32. The van der Waals surface area contributed by atoms with Crippen molar-refractivity contribution in [2.45, 2.75) is 4.90 Å². The van der Waals surface area contributed by atoms with E-state index in [0.29, 0.717) is 5.02 Å². The smallest absolute Gasteiger partial charge is 0.768 e. The molecule has 0 aromatic heterocycles. The molecule has 0 radical (unpaired) electrons. The van der Waals surface area contributed by atoms with Gasteiger partial charge < -0.3 is 4.55 Å². The van der Waals surface area contributed by atoms with E-state index in [-0.39, 0.29) is 44.5 Å². The van der Waals surface area contributed by atoms with Crippen LogP contribution in [0, 0.1) is 0 Å². The molecule has 0 heterocycles. The zero-order valence-electron chi connectivity index (χ0n) is 6.51. The van der Waals surface area contributed by atoms with Crippen molar-refractivity contribution in [2.24, 2.45) is 0 Å². The summed E-state index contributed by atoms with van der Waals surface area (Å²) in [5.41, 5.74) is 0. The second-order valence-electron chi connectivity index (χ2n) is 1.93. The monoisotopic (exact) mass is 266 g/mol. The quantitative estimate of drug-likeness (QED) is 0.526. The summed E-state index contributed by atoms with van der Waals surface area (Å²) in [6.45, 7) is 0. The first-order chi connectivity index (χ1) is 5.52. The van der Waals surface area contributed by atoms with Crippen molar-refractivity contribution in [3.63, 3.8) is 0 Å². The van der Waals surface area contributed by atoms with Gasteiger partial charge in [-0.2, -0.15) is 0 Å². The molecule has 0 N–H and O–H groups in total. The molecule has 7 heteroatoms. The molecule has 0 saturated carbocycles. The Balaban J connectivity index is 0.00000144. The molecule has 0 spiro atoms. The maximum Gasteiger partial charge on any atom is 1.00 e. The van der Waals surface area contributed by atoms with Crippen LogP contribution in [-0.2, 0) is 11.1 Å². The number of halogens is 3. The Kier molecular flexibility index (Phi) is 6.48. The zero-order valence-corrected chi connectivity index (χ0v) is 11.6. The predicted octanol–water partition coefficient (Wildman–Crippen LogP) is -0.111. The van der Waals surface area contributed by atoms with Gasteiger partial charge in [-0.1, -0.05) is 34.8 Å². The Labute approximate surface area is 115 Å². The molecule has 2 nitrogen and oxygen atoms in total. The first kappa shape index (κ1) is 14.2. The molecule has 1 aromatic rings. The van der Waals surface area contributed by atoms with Crippen molar-refractivity contribution in [1.29, 1.82) is 0 Å². The van der Waals surface area contributed by atoms with E-state index in [9.17, 15) is 8.76 Å². The van der Waals surface area contributed by atoms with Crippen molar-refractivity contribution < 1.29 is 38.3 Å². The largest absolute Gasteiger partial charge is 1.00 e. The van der Waals surface area contributed by atoms with Gasteiger partial charge in [-0.15, -0.1) is 0 Å². The van der Waals surface area contributed by atoms with Crippen LogP contribution in [0.25, 0.3) is 0 Å². The molecule has 66 valence electrons. The predicted molar refractivity (Wildman–Crippen MR) is 48.7 cm³/mol. The summed E-state index contributed by atoms with van der Waals surface area (Å²) in [5, 5.41) is 0.362. The van der Waals surface area contributed by atoms with Crippen molar-refractivity contribution >= 4 is 45.9 Å². The fraction of sp³-hybridized carbons (Fsp3) is 0. The maximum atomic E-state index is 10.5. The molecule has 0 aliphatic rings. The Bertz CT molecular complexity index is 322. The molecule has 0 saturated heterocycles. The third-order valence-electron chi connectivity index (χ3n) is 1.13. The molecule has 0 bridgehead atoms. The van der Waals surface area contributed by atoms with Gasteiger partial charge in [0.25, 0.3) is 0 Å². The van der Waals surface area contributed by atoms with Crippen LogP contribution >= 0.6 is 34.8 Å². The summed E-state index contributed by atoms with van der Waals surface area (Å²) in [4.78, 5) is -0.122. The van der Waals surface area contributed by atoms with Crippen molar-refractivity contribution in [1.82, 2.24) is 0 Å². The van der Waals surface area contributed by atoms with Gasteiger partial charge in [0, 0.05) is 5.02 Å². The summed E-state index contributed by atoms with van der Waals surface area (Å²) >= 11 is 14.3. The molecule has 0 aliphatic carbocycles. The molecule has 1 rings (SSSR count). The Hall–Kier alpha value is 1.20. The Morgan fingerprint density at radius 2 is 1.54 bits per heavy atom. The van der Waals surface area contributed by atoms with Gasteiger partial charge in [-0.05, 0) is 23.2 Å². The van der Waals surface area contributed by atoms with Crippen molar-refractivity contribution in [2.75, 3.05) is 0 Å². The summed E-state index contributed by atoms with van der Waals surface area (Å²) in [7, 11) is 0. The van der Waals surface area contributed by atoms with E-state index in [2.05, 4.69) is 0 Å². The van der Waals surface area contributed by atoms with Gasteiger partial charge in [-0.3, -0.25) is 4.21 Å². The second-order valence-corrected chi connectivity index (χ2v) is 4.06. The first-order valence-corrected chi connectivity index (χ1v) is 4.97. The minimum Gasteiger partial charge on any atom is -0.768 e. The van der Waals surface area contributed by atoms with Gasteiger partial charge in [0.05, 0.1) is 14.9 Å². The SMILES string of the molecule is O=S([O-])c1c(Cl)cc(Cl)cc1Cl.[Na+]. The molecule has 0 aliphatic heterocycles. The summed E-state index contributed by atoms with van der Waals surface area (Å²) < 4.78 is 21.1. The van der Waals surface area contributed by atoms with Crippen LogP contribution in [0.3, 0.4) is 0 Å². The van der Waals surface area contributed by atoms with E-state index in [1.807, 2.05) is 0 Å². The second kappa shape index (κ2) is 5.93. The van der Waals surface area contributed by atoms with Crippen LogP contribution in [0.15, 0.2) is 17.0 Å². The minimum absolute atomic E-state index is 0. The van der Waals surface area contributed by atoms with Crippen molar-refractivity contribution in [3.8, 4) is 0 Å². The molecular formula is C6H2Cl3NaO2S. The molecule has 0 amide bonds. The molecule has 13 heavy (non-hydrogen) atoms. The zero-order chi connectivity index (χ0) is 9.30. The molecular weight excluding hydrogens is 265 g/mol. The fourth-order valence-electron chi connectivity index (χ4n) is 0.688. The van der Waals surface area contributed by atoms with Crippen molar-refractivity contribution in [3.05, 3.63) is 27.2 Å². The standard InChI is InChI=1S/C6H3Cl3O2S.Na/c7-3-1-4(8)6(12(10)11)5(9)2-3;/h1-2H,(H,10,11);/q;+1/p-1. The topological polar surface area (TPSA) is 40.1 Å². The molecule has 1 aromatic carbocycles. The summed E-state index contributed by atoms with van der Waals surface area (Å²) in [5.74, 6) is 0. The Morgan fingerprint density at radius 3 is 1.85 bits per heavy atom. The maximum absolute atomic E-state index is 10.5. The van der Waals surface area contributed by atoms with E-state index >= 15 is 0 Å². The number of hydrogen-bond acceptors (Lipinski definition) is 2. The average molecular weight is 267 g/mol. The molecule has 1 atom stereocenters. The Morgan fingerprint density at radius 1 is 1.15 bits per heavy atom. The molecule has 1 unspecified atom stereocenters. The van der Waals surface area contributed by atoms with Crippen LogP contribution < -0.4 is 29.6 Å². The summed E-state index contributed by atoms with van der Waals surface area (Å²) in [6.07, 6.45) is 0. The number of rotatable bonds is 1. The van der Waals surface area contributed by atoms with E-state index in [1.54, 1.807) is 0 Å². The van der Waals surface area contributed by atoms with Gasteiger partial charge >= 0.3 is 29.6 Å². The van der Waals surface area contributed by atoms with Crippen LogP contribution in [0.5, 0.6) is 0 Å². The number of hydrogen-bond donors (Lipinski definition) is 0. The van der Waals surface area contributed by atoms with Gasteiger partial charge in [0.15, 0.2) is 0 Å². The van der Waals surface area contributed by atoms with Gasteiger partial charge in [-0.25, -0.2) is 0 Å². The third kappa shape index (κ3) is 3.68. The van der Waals surface area contributed by atoms with E-state index in [1.165, 1.54) is 12.1 Å². The van der Waals surface area contributed by atoms with Crippen LogP contribution in [-0.4, -0.2) is 8.76 Å². The third-order valence-corrected chi connectivity index (χ3v) is 2.94. The normalized spacial score (nSPS) is 12.0. The van der Waals surface area contributed by atoms with Gasteiger partial charge in [0.2, 0.25) is 0 Å². The van der Waals surface area contributed by atoms with E-state index < -0.39 is 11.1 Å². The van der Waals surface area contributed by atoms with Gasteiger partial charge in [0.1, 0.15) is 0 Å². The minimum atomic E-state index is -2.43. The van der Waals surface area contributed by atoms with Crippen LogP contribution in [0.2, 0.25) is 15.1 Å². The number of benzene rings is 1. The van der Waals surface area contributed by atoms with Crippen LogP contribution in [0.1, 0.15) is 0 Å². The van der Waals surface area contributed by atoms with E-state index in [0.717, 1.165) is 0 Å². The van der Waals surface area contributed by atoms with Crippen LogP contribution in [0.4, 0.5) is 0 Å². The molecule has 0 fully saturated rings. The average Bonchev–Trinajstić information content (AvgIpc) is 1.82.